The van der Waals surface area contributed by atoms with Crippen molar-refractivity contribution in [1.82, 2.24) is 9.97 Å². The lowest BCUT2D eigenvalue weighted by molar-refractivity contribution is 0.447. The molecule has 0 unspecified atom stereocenters. The molecule has 0 aliphatic carbocycles. The number of hydrogen-bond donors (Lipinski definition) is 4. The number of nitrogens with one attached hydrogen (secondary N) is 3. The minimum absolute atomic E-state index is 0.0243. The summed E-state index contributed by atoms with van der Waals surface area (Å²) in [6.45, 7) is 0. The summed E-state index contributed by atoms with van der Waals surface area (Å²) in [6, 6.07) is 8.93. The van der Waals surface area contributed by atoms with Crippen molar-refractivity contribution < 1.29 is 5.11 Å². The Morgan fingerprint density at radius 3 is 2.44 bits per heavy atom. The predicted octanol–water partition coefficient (Wildman–Crippen LogP) is 0.556. The Morgan fingerprint density at radius 1 is 1.17 bits per heavy atom. The van der Waals surface area contributed by atoms with Gasteiger partial charge in [0.25, 0.3) is 5.56 Å². The topological polar surface area (TPSA) is 98.0 Å². The fourth-order valence-corrected chi connectivity index (χ4v) is 1.71. The van der Waals surface area contributed by atoms with Gasteiger partial charge in [0.1, 0.15) is 10.6 Å². The zero-order valence-electron chi connectivity index (χ0n) is 9.06. The van der Waals surface area contributed by atoms with E-state index < -0.39 is 17.1 Å². The second-order valence-electron chi connectivity index (χ2n) is 3.45. The Kier molecular flexibility index (Phi) is 3.24. The van der Waals surface area contributed by atoms with Crippen LogP contribution in [-0.4, -0.2) is 20.1 Å². The lowest BCUT2D eigenvalue weighted by Crippen LogP contribution is -2.29. The van der Waals surface area contributed by atoms with E-state index in [-0.39, 0.29) is 10.6 Å². The van der Waals surface area contributed by atoms with Gasteiger partial charge < -0.3 is 10.4 Å². The fourth-order valence-electron chi connectivity index (χ4n) is 1.40. The summed E-state index contributed by atoms with van der Waals surface area (Å²) in [7, 11) is 0. The van der Waals surface area contributed by atoms with Crippen molar-refractivity contribution in [1.29, 1.82) is 0 Å². The molecule has 2 aromatic rings. The molecule has 92 valence electrons. The highest BCUT2D eigenvalue weighted by Gasteiger charge is 2.13. The van der Waals surface area contributed by atoms with E-state index in [9.17, 15) is 14.7 Å². The Morgan fingerprint density at radius 2 is 1.83 bits per heavy atom. The molecule has 1 aromatic heterocycles. The van der Waals surface area contributed by atoms with E-state index in [0.717, 1.165) is 0 Å². The van der Waals surface area contributed by atoms with Gasteiger partial charge >= 0.3 is 5.69 Å². The van der Waals surface area contributed by atoms with Crippen LogP contribution in [0.4, 0.5) is 5.69 Å². The van der Waals surface area contributed by atoms with Crippen LogP contribution in [0, 0.1) is 0 Å². The van der Waals surface area contributed by atoms with E-state index in [1.165, 1.54) is 0 Å². The Balaban J connectivity index is 2.36. The van der Waals surface area contributed by atoms with Crippen LogP contribution in [0.1, 0.15) is 5.56 Å². The Bertz CT molecular complexity index is 691. The number of thiocarbonyl (C=S) groups is 1. The van der Waals surface area contributed by atoms with Crippen molar-refractivity contribution in [3.8, 4) is 5.88 Å². The highest BCUT2D eigenvalue weighted by atomic mass is 32.1. The molecule has 1 aromatic carbocycles. The van der Waals surface area contributed by atoms with E-state index >= 15 is 0 Å². The summed E-state index contributed by atoms with van der Waals surface area (Å²) in [4.78, 5) is 26.5. The summed E-state index contributed by atoms with van der Waals surface area (Å²) >= 11 is 5.01. The molecule has 0 fully saturated rings. The third-order valence-corrected chi connectivity index (χ3v) is 2.49. The van der Waals surface area contributed by atoms with Gasteiger partial charge in [-0.25, -0.2) is 4.79 Å². The van der Waals surface area contributed by atoms with Crippen molar-refractivity contribution in [3.63, 3.8) is 0 Å². The highest BCUT2D eigenvalue weighted by molar-refractivity contribution is 7.81. The van der Waals surface area contributed by atoms with Crippen molar-refractivity contribution in [3.05, 3.63) is 56.7 Å². The van der Waals surface area contributed by atoms with Gasteiger partial charge in [-0.1, -0.05) is 30.4 Å². The summed E-state index contributed by atoms with van der Waals surface area (Å²) in [5, 5.41) is 12.3. The first-order chi connectivity index (χ1) is 8.58. The van der Waals surface area contributed by atoms with Crippen LogP contribution < -0.4 is 16.6 Å². The normalized spacial score (nSPS) is 10.0. The van der Waals surface area contributed by atoms with Gasteiger partial charge in [0.15, 0.2) is 0 Å². The summed E-state index contributed by atoms with van der Waals surface area (Å²) in [6.07, 6.45) is 0. The lowest BCUT2D eigenvalue weighted by Gasteiger charge is -2.07. The number of para-hydroxylation sites is 1. The molecular formula is C11H9N3O3S. The molecule has 0 spiro atoms. The molecule has 4 N–H and O–H groups in total. The van der Waals surface area contributed by atoms with E-state index in [1.807, 2.05) is 11.1 Å². The van der Waals surface area contributed by atoms with Gasteiger partial charge in [-0.2, -0.15) is 0 Å². The summed E-state index contributed by atoms with van der Waals surface area (Å²) in [5.74, 6) is -0.558. The number of aromatic hydroxyl groups is 1. The molecule has 0 amide bonds. The molecule has 0 aliphatic heterocycles. The minimum Gasteiger partial charge on any atom is -0.494 e. The second-order valence-corrected chi connectivity index (χ2v) is 3.86. The number of aromatic nitrogens is 2. The van der Waals surface area contributed by atoms with Crippen LogP contribution in [0.25, 0.3) is 0 Å². The quantitative estimate of drug-likeness (QED) is 0.593. The van der Waals surface area contributed by atoms with Crippen molar-refractivity contribution >= 4 is 22.9 Å². The van der Waals surface area contributed by atoms with Crippen molar-refractivity contribution in [2.75, 3.05) is 5.32 Å². The maximum atomic E-state index is 11.5. The van der Waals surface area contributed by atoms with Crippen molar-refractivity contribution in [2.24, 2.45) is 0 Å². The van der Waals surface area contributed by atoms with Gasteiger partial charge in [-0.05, 0) is 12.1 Å². The molecule has 0 atom stereocenters. The molecule has 6 nitrogen and oxygen atoms in total. The lowest BCUT2D eigenvalue weighted by atomic mass is 10.2. The summed E-state index contributed by atoms with van der Waals surface area (Å²) in [5.41, 5.74) is -1.03. The monoisotopic (exact) mass is 263 g/mol. The Hall–Kier alpha value is -2.41. The SMILES string of the molecule is O=c1[nH]c(O)c(C(=S)Nc2ccccc2)c(=O)[nH]1. The first-order valence-corrected chi connectivity index (χ1v) is 5.40. The molecule has 0 saturated carbocycles. The largest absolute Gasteiger partial charge is 0.494 e. The number of rotatable bonds is 2. The molecule has 7 heteroatoms. The number of anilines is 1. The van der Waals surface area contributed by atoms with Gasteiger partial charge in [0, 0.05) is 5.69 Å². The van der Waals surface area contributed by atoms with Gasteiger partial charge in [-0.15, -0.1) is 0 Å². The van der Waals surface area contributed by atoms with E-state index in [1.54, 1.807) is 24.3 Å². The molecule has 18 heavy (non-hydrogen) atoms. The van der Waals surface area contributed by atoms with E-state index in [0.29, 0.717) is 5.69 Å². The molecule has 0 aliphatic rings. The minimum atomic E-state index is -0.788. The third kappa shape index (κ3) is 2.46. The first kappa shape index (κ1) is 12.1. The first-order valence-electron chi connectivity index (χ1n) is 5.00. The fraction of sp³-hybridized carbons (Fsp3) is 0. The molecule has 0 saturated heterocycles. The van der Waals surface area contributed by atoms with E-state index in [2.05, 4.69) is 10.3 Å². The third-order valence-electron chi connectivity index (χ3n) is 2.18. The average Bonchev–Trinajstić information content (AvgIpc) is 2.28. The number of benzene rings is 1. The zero-order chi connectivity index (χ0) is 13.1. The van der Waals surface area contributed by atoms with Crippen LogP contribution in [0.2, 0.25) is 0 Å². The number of H-pyrrole nitrogens is 2. The van der Waals surface area contributed by atoms with Crippen LogP contribution >= 0.6 is 12.2 Å². The zero-order valence-corrected chi connectivity index (χ0v) is 9.88. The molecule has 2 rings (SSSR count). The second kappa shape index (κ2) is 4.84. The highest BCUT2D eigenvalue weighted by Crippen LogP contribution is 2.11. The molecule has 0 bridgehead atoms. The van der Waals surface area contributed by atoms with Gasteiger partial charge in [-0.3, -0.25) is 14.8 Å². The molecular weight excluding hydrogens is 254 g/mol. The molecule has 0 radical (unpaired) electrons. The van der Waals surface area contributed by atoms with Crippen molar-refractivity contribution in [2.45, 2.75) is 0 Å². The predicted molar refractivity (Wildman–Crippen MR) is 71.1 cm³/mol. The van der Waals surface area contributed by atoms with Gasteiger partial charge in [0.2, 0.25) is 5.88 Å². The summed E-state index contributed by atoms with van der Waals surface area (Å²) < 4.78 is 0. The Labute approximate surface area is 106 Å². The molecule has 1 heterocycles. The average molecular weight is 263 g/mol. The van der Waals surface area contributed by atoms with Crippen LogP contribution in [0.5, 0.6) is 5.88 Å². The van der Waals surface area contributed by atoms with E-state index in [4.69, 9.17) is 12.2 Å². The van der Waals surface area contributed by atoms with Crippen LogP contribution in [0.15, 0.2) is 39.9 Å². The maximum absolute atomic E-state index is 11.5. The van der Waals surface area contributed by atoms with Crippen LogP contribution in [-0.2, 0) is 0 Å². The maximum Gasteiger partial charge on any atom is 0.328 e. The number of aromatic amines is 2. The smallest absolute Gasteiger partial charge is 0.328 e. The standard InChI is InChI=1S/C11H9N3O3S/c15-8-7(9(16)14-11(17)13-8)10(18)12-6-4-2-1-3-5-6/h1-5H,(H,12,18)(H3,13,14,15,16,17). The van der Waals surface area contributed by atoms with Gasteiger partial charge in [0.05, 0.1) is 0 Å². The van der Waals surface area contributed by atoms with Crippen LogP contribution in [0.3, 0.4) is 0 Å². The number of hydrogen-bond acceptors (Lipinski definition) is 4.